The summed E-state index contributed by atoms with van der Waals surface area (Å²) in [5.74, 6) is -0.184. The zero-order chi connectivity index (χ0) is 26.7. The van der Waals surface area contributed by atoms with E-state index < -0.39 is 7.60 Å². The fraction of sp³-hybridized carbons (Fsp3) is 0.621. The fourth-order valence-corrected chi connectivity index (χ4v) is 3.68. The van der Waals surface area contributed by atoms with Crippen molar-refractivity contribution >= 4 is 13.5 Å². The van der Waals surface area contributed by atoms with Gasteiger partial charge in [-0.15, -0.1) is 0 Å². The third kappa shape index (κ3) is 23.8. The van der Waals surface area contributed by atoms with Gasteiger partial charge in [0.15, 0.2) is 0 Å². The van der Waals surface area contributed by atoms with Crippen LogP contribution in [0.3, 0.4) is 0 Å². The molecule has 0 heterocycles. The molecule has 0 aliphatic rings. The number of allylic oxidation sites excluding steroid dienone is 10. The molecule has 0 aliphatic carbocycles. The number of carbonyl (C=O) groups excluding carboxylic acids is 1. The molecule has 1 amide bonds. The smallest absolute Gasteiger partial charge is 0.326 e. The molecule has 0 aromatic carbocycles. The van der Waals surface area contributed by atoms with E-state index in [1.165, 1.54) is 27.9 Å². The first-order valence-electron chi connectivity index (χ1n) is 12.9. The number of amides is 1. The first-order chi connectivity index (χ1) is 16.4. The second-order valence-electron chi connectivity index (χ2n) is 9.85. The van der Waals surface area contributed by atoms with E-state index in [1.54, 1.807) is 0 Å². The van der Waals surface area contributed by atoms with E-state index in [2.05, 4.69) is 74.8 Å². The van der Waals surface area contributed by atoms with Crippen molar-refractivity contribution in [3.63, 3.8) is 0 Å². The fourth-order valence-electron chi connectivity index (χ4n) is 3.38. The minimum atomic E-state index is -3.55. The highest BCUT2D eigenvalue weighted by Gasteiger charge is 2.10. The number of hydrogen-bond donors (Lipinski definition) is 2. The molecule has 0 radical (unpaired) electrons. The number of nitrogens with one attached hydrogen (secondary N) is 1. The standard InChI is InChI=1S/C29H50NO4P/c1-24(2)13-10-16-27(5)19-11-17-25(3)14-8-9-15-26(4)18-12-20-28(6)21-22-29(31)30-23-34-35(7,32)33/h13-15,19-20H,8-12,16-18,21-23H2,1-7H3,(H,30,31)(H,32,33)/b25-14+,26-15+,27-19+,28-20+. The quantitative estimate of drug-likeness (QED) is 0.0843. The summed E-state index contributed by atoms with van der Waals surface area (Å²) in [4.78, 5) is 20.8. The zero-order valence-electron chi connectivity index (χ0n) is 23.3. The van der Waals surface area contributed by atoms with Gasteiger partial charge in [0.1, 0.15) is 6.73 Å². The van der Waals surface area contributed by atoms with E-state index in [1.807, 2.05) is 6.92 Å². The molecule has 35 heavy (non-hydrogen) atoms. The van der Waals surface area contributed by atoms with E-state index in [4.69, 9.17) is 4.89 Å². The van der Waals surface area contributed by atoms with E-state index in [0.717, 1.165) is 58.0 Å². The third-order valence-electron chi connectivity index (χ3n) is 5.63. The molecule has 0 aliphatic heterocycles. The molecule has 0 aromatic rings. The van der Waals surface area contributed by atoms with Gasteiger partial charge in [-0.3, -0.25) is 13.9 Å². The average Bonchev–Trinajstić information content (AvgIpc) is 2.74. The van der Waals surface area contributed by atoms with Crippen molar-refractivity contribution in [1.82, 2.24) is 5.32 Å². The Morgan fingerprint density at radius 1 is 0.686 bits per heavy atom. The highest BCUT2D eigenvalue weighted by Crippen LogP contribution is 2.35. The van der Waals surface area contributed by atoms with Crippen LogP contribution in [0.2, 0.25) is 0 Å². The Bertz CT molecular complexity index is 824. The van der Waals surface area contributed by atoms with E-state index in [-0.39, 0.29) is 12.6 Å². The molecule has 1 unspecified atom stereocenters. The van der Waals surface area contributed by atoms with Crippen LogP contribution >= 0.6 is 7.60 Å². The van der Waals surface area contributed by atoms with Crippen LogP contribution in [0.15, 0.2) is 58.2 Å². The minimum Gasteiger partial charge on any atom is -0.333 e. The van der Waals surface area contributed by atoms with Crippen molar-refractivity contribution in [2.45, 2.75) is 106 Å². The van der Waals surface area contributed by atoms with Crippen LogP contribution in [0.4, 0.5) is 0 Å². The number of rotatable bonds is 18. The first-order valence-corrected chi connectivity index (χ1v) is 14.9. The third-order valence-corrected chi connectivity index (χ3v) is 6.23. The maximum atomic E-state index is 11.7. The van der Waals surface area contributed by atoms with Gasteiger partial charge in [-0.05, 0) is 99.3 Å². The van der Waals surface area contributed by atoms with Crippen LogP contribution in [0.1, 0.15) is 106 Å². The molecule has 200 valence electrons. The van der Waals surface area contributed by atoms with Crippen LogP contribution in [-0.2, 0) is 13.9 Å². The largest absolute Gasteiger partial charge is 0.333 e. The summed E-state index contributed by atoms with van der Waals surface area (Å²) >= 11 is 0. The summed E-state index contributed by atoms with van der Waals surface area (Å²) in [5.41, 5.74) is 6.94. The average molecular weight is 508 g/mol. The Morgan fingerprint density at radius 2 is 1.09 bits per heavy atom. The van der Waals surface area contributed by atoms with Gasteiger partial charge in [0.05, 0.1) is 0 Å². The highest BCUT2D eigenvalue weighted by molar-refractivity contribution is 7.51. The second kappa shape index (κ2) is 19.5. The Labute approximate surface area is 215 Å². The molecule has 0 saturated carbocycles. The van der Waals surface area contributed by atoms with Gasteiger partial charge >= 0.3 is 7.60 Å². The number of carbonyl (C=O) groups is 1. The molecule has 5 nitrogen and oxygen atoms in total. The van der Waals surface area contributed by atoms with Crippen LogP contribution in [0.5, 0.6) is 0 Å². The summed E-state index contributed by atoms with van der Waals surface area (Å²) < 4.78 is 15.7. The van der Waals surface area contributed by atoms with Gasteiger partial charge < -0.3 is 10.2 Å². The maximum absolute atomic E-state index is 11.7. The predicted molar refractivity (Wildman–Crippen MR) is 150 cm³/mol. The van der Waals surface area contributed by atoms with Gasteiger partial charge in [0, 0.05) is 13.1 Å². The van der Waals surface area contributed by atoms with Gasteiger partial charge in [0.25, 0.3) is 0 Å². The lowest BCUT2D eigenvalue weighted by Crippen LogP contribution is -2.25. The molecular weight excluding hydrogens is 457 g/mol. The van der Waals surface area contributed by atoms with E-state index in [9.17, 15) is 9.36 Å². The van der Waals surface area contributed by atoms with Crippen LogP contribution < -0.4 is 5.32 Å². The lowest BCUT2D eigenvalue weighted by atomic mass is 10.0. The maximum Gasteiger partial charge on any atom is 0.326 e. The number of hydrogen-bond acceptors (Lipinski definition) is 3. The summed E-state index contributed by atoms with van der Waals surface area (Å²) in [6, 6.07) is 0. The molecule has 2 N–H and O–H groups in total. The van der Waals surface area contributed by atoms with Crippen molar-refractivity contribution < 1.29 is 18.8 Å². The minimum absolute atomic E-state index is 0.184. The normalized spacial score (nSPS) is 15.1. The Morgan fingerprint density at radius 3 is 1.51 bits per heavy atom. The van der Waals surface area contributed by atoms with Crippen molar-refractivity contribution in [3.05, 3.63) is 58.2 Å². The number of unbranched alkanes of at least 4 members (excludes halogenated alkanes) is 1. The summed E-state index contributed by atoms with van der Waals surface area (Å²) in [5, 5.41) is 2.49. The van der Waals surface area contributed by atoms with Crippen LogP contribution in [0, 0.1) is 0 Å². The highest BCUT2D eigenvalue weighted by atomic mass is 31.2. The molecule has 0 saturated heterocycles. The lowest BCUT2D eigenvalue weighted by Gasteiger charge is -2.08. The van der Waals surface area contributed by atoms with Crippen LogP contribution in [0.25, 0.3) is 0 Å². The van der Waals surface area contributed by atoms with Crippen molar-refractivity contribution in [1.29, 1.82) is 0 Å². The van der Waals surface area contributed by atoms with Gasteiger partial charge in [-0.1, -0.05) is 58.2 Å². The van der Waals surface area contributed by atoms with Crippen molar-refractivity contribution in [2.75, 3.05) is 13.4 Å². The molecule has 0 rings (SSSR count). The summed E-state index contributed by atoms with van der Waals surface area (Å²) in [6.07, 6.45) is 21.3. The van der Waals surface area contributed by atoms with Crippen molar-refractivity contribution in [3.8, 4) is 0 Å². The SMILES string of the molecule is CC(C)=CCC/C(C)=C/CC/C(C)=C/CC/C=C(\C)CC/C=C(\C)CCC(=O)NCOP(C)(=O)O. The monoisotopic (exact) mass is 507 g/mol. The first kappa shape index (κ1) is 33.3. The molecule has 6 heteroatoms. The molecule has 0 spiro atoms. The van der Waals surface area contributed by atoms with Gasteiger partial charge in [-0.2, -0.15) is 0 Å². The zero-order valence-corrected chi connectivity index (χ0v) is 24.2. The molecule has 1 atom stereocenters. The molecular formula is C29H50NO4P. The Hall–Kier alpha value is -1.68. The van der Waals surface area contributed by atoms with Gasteiger partial charge in [-0.25, -0.2) is 0 Å². The molecule has 0 aromatic heterocycles. The molecule has 0 fully saturated rings. The van der Waals surface area contributed by atoms with E-state index in [0.29, 0.717) is 12.8 Å². The topological polar surface area (TPSA) is 75.6 Å². The summed E-state index contributed by atoms with van der Waals surface area (Å²) in [7, 11) is -3.55. The van der Waals surface area contributed by atoms with Gasteiger partial charge in [0.2, 0.25) is 5.91 Å². The predicted octanol–water partition coefficient (Wildman–Crippen LogP) is 8.54. The lowest BCUT2D eigenvalue weighted by molar-refractivity contribution is -0.121. The van der Waals surface area contributed by atoms with E-state index >= 15 is 0 Å². The Balaban J connectivity index is 4.08. The van der Waals surface area contributed by atoms with Crippen molar-refractivity contribution in [2.24, 2.45) is 0 Å². The van der Waals surface area contributed by atoms with Crippen LogP contribution in [-0.4, -0.2) is 24.2 Å². The Kier molecular flexibility index (Phi) is 18.6. The molecule has 0 bridgehead atoms. The summed E-state index contributed by atoms with van der Waals surface area (Å²) in [6.45, 7) is 13.9. The second-order valence-corrected chi connectivity index (χ2v) is 11.7.